The van der Waals surface area contributed by atoms with Crippen LogP contribution in [-0.4, -0.2) is 36.6 Å². The molecule has 0 amide bonds. The third kappa shape index (κ3) is 4.05. The minimum atomic E-state index is 0.676. The van der Waals surface area contributed by atoms with Crippen molar-refractivity contribution in [1.29, 1.82) is 0 Å². The molecule has 0 bridgehead atoms. The summed E-state index contributed by atoms with van der Waals surface area (Å²) in [5.41, 5.74) is 1.46. The summed E-state index contributed by atoms with van der Waals surface area (Å²) in [6.45, 7) is 10.6. The molecule has 1 aliphatic rings. The van der Waals surface area contributed by atoms with Gasteiger partial charge >= 0.3 is 0 Å². The lowest BCUT2D eigenvalue weighted by Crippen LogP contribution is -2.56. The predicted molar refractivity (Wildman–Crippen MR) is 82.4 cm³/mol. The van der Waals surface area contributed by atoms with Gasteiger partial charge in [-0.05, 0) is 31.2 Å². The Balaban J connectivity index is 1.89. The van der Waals surface area contributed by atoms with Crippen LogP contribution in [0.1, 0.15) is 32.8 Å². The molecule has 1 aliphatic heterocycles. The van der Waals surface area contributed by atoms with Crippen molar-refractivity contribution in [2.75, 3.05) is 19.6 Å². The highest BCUT2D eigenvalue weighted by atomic mass is 15.2. The number of piperazine rings is 1. The molecule has 0 aliphatic carbocycles. The average Bonchev–Trinajstić information content (AvgIpc) is 2.46. The Morgan fingerprint density at radius 1 is 1.21 bits per heavy atom. The normalized spacial score (nSPS) is 22.6. The third-order valence-corrected chi connectivity index (χ3v) is 4.36. The van der Waals surface area contributed by atoms with Crippen LogP contribution in [0.5, 0.6) is 0 Å². The van der Waals surface area contributed by atoms with Gasteiger partial charge in [0.1, 0.15) is 0 Å². The molecule has 19 heavy (non-hydrogen) atoms. The number of hydrogen-bond donors (Lipinski definition) is 1. The second-order valence-electron chi connectivity index (χ2n) is 6.13. The summed E-state index contributed by atoms with van der Waals surface area (Å²) >= 11 is 0. The maximum Gasteiger partial charge on any atom is 0.0246 e. The monoisotopic (exact) mass is 260 g/mol. The molecule has 2 heteroatoms. The van der Waals surface area contributed by atoms with E-state index in [0.29, 0.717) is 12.1 Å². The fraction of sp³-hybridized carbons (Fsp3) is 0.647. The molecule has 2 nitrogen and oxygen atoms in total. The van der Waals surface area contributed by atoms with Crippen LogP contribution in [0.15, 0.2) is 30.3 Å². The Morgan fingerprint density at radius 2 is 1.95 bits per heavy atom. The zero-order chi connectivity index (χ0) is 13.7. The van der Waals surface area contributed by atoms with Crippen molar-refractivity contribution in [3.63, 3.8) is 0 Å². The number of rotatable bonds is 5. The molecule has 0 spiro atoms. The lowest BCUT2D eigenvalue weighted by molar-refractivity contribution is 0.0806. The zero-order valence-electron chi connectivity index (χ0n) is 12.6. The van der Waals surface area contributed by atoms with Gasteiger partial charge in [-0.1, -0.05) is 44.2 Å². The molecule has 0 saturated carbocycles. The first-order valence-electron chi connectivity index (χ1n) is 7.69. The molecule has 2 rings (SSSR count). The number of nitrogens with zero attached hydrogens (tertiary/aromatic N) is 1. The van der Waals surface area contributed by atoms with Gasteiger partial charge in [0.25, 0.3) is 0 Å². The minimum Gasteiger partial charge on any atom is -0.314 e. The quantitative estimate of drug-likeness (QED) is 0.875. The van der Waals surface area contributed by atoms with E-state index in [1.54, 1.807) is 0 Å². The van der Waals surface area contributed by atoms with E-state index >= 15 is 0 Å². The maximum absolute atomic E-state index is 3.53. The lowest BCUT2D eigenvalue weighted by Gasteiger charge is -2.42. The molecule has 1 heterocycles. The van der Waals surface area contributed by atoms with Crippen LogP contribution in [0.3, 0.4) is 0 Å². The van der Waals surface area contributed by atoms with Crippen LogP contribution in [0.2, 0.25) is 0 Å². The standard InChI is InChI=1S/C17H28N2/c1-14(2)17-13-18-11-12-19(17)15(3)9-10-16-7-5-4-6-8-16/h4-8,14-15,17-18H,9-13H2,1-3H3. The molecular weight excluding hydrogens is 232 g/mol. The van der Waals surface area contributed by atoms with Crippen molar-refractivity contribution < 1.29 is 0 Å². The molecule has 1 saturated heterocycles. The van der Waals surface area contributed by atoms with E-state index in [2.05, 4.69) is 61.3 Å². The third-order valence-electron chi connectivity index (χ3n) is 4.36. The van der Waals surface area contributed by atoms with Crippen molar-refractivity contribution in [2.45, 2.75) is 45.7 Å². The van der Waals surface area contributed by atoms with E-state index in [4.69, 9.17) is 0 Å². The van der Waals surface area contributed by atoms with Gasteiger partial charge in [0.15, 0.2) is 0 Å². The first-order chi connectivity index (χ1) is 9.18. The lowest BCUT2D eigenvalue weighted by atomic mass is 9.96. The van der Waals surface area contributed by atoms with Crippen molar-refractivity contribution in [1.82, 2.24) is 10.2 Å². The van der Waals surface area contributed by atoms with E-state index in [1.807, 2.05) is 0 Å². The molecule has 106 valence electrons. The summed E-state index contributed by atoms with van der Waals surface area (Å²) in [6.07, 6.45) is 2.45. The van der Waals surface area contributed by atoms with Gasteiger partial charge in [-0.15, -0.1) is 0 Å². The molecule has 0 radical (unpaired) electrons. The van der Waals surface area contributed by atoms with Crippen LogP contribution in [-0.2, 0) is 6.42 Å². The Hall–Kier alpha value is -0.860. The number of aryl methyl sites for hydroxylation is 1. The Kier molecular flexibility index (Phi) is 5.41. The molecular formula is C17H28N2. The summed E-state index contributed by atoms with van der Waals surface area (Å²) in [4.78, 5) is 2.71. The smallest absolute Gasteiger partial charge is 0.0246 e. The van der Waals surface area contributed by atoms with Gasteiger partial charge in [0.05, 0.1) is 0 Å². The van der Waals surface area contributed by atoms with Crippen LogP contribution in [0.4, 0.5) is 0 Å². The second kappa shape index (κ2) is 7.06. The van der Waals surface area contributed by atoms with Crippen molar-refractivity contribution >= 4 is 0 Å². The summed E-state index contributed by atoms with van der Waals surface area (Å²) < 4.78 is 0. The van der Waals surface area contributed by atoms with Gasteiger partial charge in [-0.3, -0.25) is 4.90 Å². The molecule has 1 aromatic carbocycles. The second-order valence-corrected chi connectivity index (χ2v) is 6.13. The average molecular weight is 260 g/mol. The van der Waals surface area contributed by atoms with E-state index in [-0.39, 0.29) is 0 Å². The van der Waals surface area contributed by atoms with Gasteiger partial charge in [-0.25, -0.2) is 0 Å². The number of nitrogens with one attached hydrogen (secondary N) is 1. The summed E-state index contributed by atoms with van der Waals surface area (Å²) in [5, 5.41) is 3.53. The minimum absolute atomic E-state index is 0.676. The fourth-order valence-electron chi connectivity index (χ4n) is 3.09. The van der Waals surface area contributed by atoms with Gasteiger partial charge < -0.3 is 5.32 Å². The molecule has 0 aromatic heterocycles. The van der Waals surface area contributed by atoms with E-state index in [9.17, 15) is 0 Å². The Labute approximate surface area is 118 Å². The van der Waals surface area contributed by atoms with Crippen LogP contribution >= 0.6 is 0 Å². The van der Waals surface area contributed by atoms with Crippen molar-refractivity contribution in [3.8, 4) is 0 Å². The van der Waals surface area contributed by atoms with Crippen molar-refractivity contribution in [2.24, 2.45) is 5.92 Å². The number of benzene rings is 1. The predicted octanol–water partition coefficient (Wildman–Crippen LogP) is 2.94. The first kappa shape index (κ1) is 14.5. The van der Waals surface area contributed by atoms with Gasteiger partial charge in [0.2, 0.25) is 0 Å². The van der Waals surface area contributed by atoms with Crippen molar-refractivity contribution in [3.05, 3.63) is 35.9 Å². The molecule has 2 atom stereocenters. The van der Waals surface area contributed by atoms with Crippen LogP contribution in [0.25, 0.3) is 0 Å². The van der Waals surface area contributed by atoms with Gasteiger partial charge in [-0.2, -0.15) is 0 Å². The summed E-state index contributed by atoms with van der Waals surface area (Å²) in [7, 11) is 0. The highest BCUT2D eigenvalue weighted by Crippen LogP contribution is 2.19. The van der Waals surface area contributed by atoms with E-state index in [0.717, 1.165) is 19.0 Å². The highest BCUT2D eigenvalue weighted by molar-refractivity contribution is 5.14. The fourth-order valence-corrected chi connectivity index (χ4v) is 3.09. The zero-order valence-corrected chi connectivity index (χ0v) is 12.6. The SMILES string of the molecule is CC(C)C1CNCCN1C(C)CCc1ccccc1. The topological polar surface area (TPSA) is 15.3 Å². The largest absolute Gasteiger partial charge is 0.314 e. The van der Waals surface area contributed by atoms with Crippen LogP contribution < -0.4 is 5.32 Å². The van der Waals surface area contributed by atoms with E-state index in [1.165, 1.54) is 24.9 Å². The Morgan fingerprint density at radius 3 is 2.63 bits per heavy atom. The maximum atomic E-state index is 3.53. The molecule has 1 fully saturated rings. The molecule has 1 aromatic rings. The van der Waals surface area contributed by atoms with Crippen LogP contribution in [0, 0.1) is 5.92 Å². The highest BCUT2D eigenvalue weighted by Gasteiger charge is 2.28. The Bertz CT molecular complexity index is 361. The summed E-state index contributed by atoms with van der Waals surface area (Å²) in [5.74, 6) is 0.729. The number of hydrogen-bond acceptors (Lipinski definition) is 2. The van der Waals surface area contributed by atoms with Gasteiger partial charge in [0, 0.05) is 31.7 Å². The molecule has 1 N–H and O–H groups in total. The first-order valence-corrected chi connectivity index (χ1v) is 7.69. The summed E-state index contributed by atoms with van der Waals surface area (Å²) in [6, 6.07) is 12.2. The van der Waals surface area contributed by atoms with E-state index < -0.39 is 0 Å². The molecule has 2 unspecified atom stereocenters.